The number of nitrogens with zero attached hydrogens (tertiary/aromatic N) is 1. The molecule has 1 fully saturated rings. The van der Waals surface area contributed by atoms with Crippen LogP contribution in [-0.2, 0) is 9.59 Å². The third-order valence-electron chi connectivity index (χ3n) is 4.47. The van der Waals surface area contributed by atoms with Crippen molar-refractivity contribution in [3.05, 3.63) is 77.4 Å². The van der Waals surface area contributed by atoms with E-state index in [1.54, 1.807) is 23.1 Å². The Morgan fingerprint density at radius 2 is 1.78 bits per heavy atom. The van der Waals surface area contributed by atoms with E-state index < -0.39 is 5.97 Å². The molecule has 1 heterocycles. The molecule has 2 aromatic rings. The number of carbonyl (C=O) groups is 3. The molecule has 0 bridgehead atoms. The van der Waals surface area contributed by atoms with Gasteiger partial charge in [0.2, 0.25) is 11.8 Å². The Hall–Kier alpha value is -3.41. The van der Waals surface area contributed by atoms with Gasteiger partial charge in [-0.2, -0.15) is 0 Å². The van der Waals surface area contributed by atoms with Crippen molar-refractivity contribution < 1.29 is 19.5 Å². The Morgan fingerprint density at radius 3 is 2.44 bits per heavy atom. The Balaban J connectivity index is 1.79. The fourth-order valence-electron chi connectivity index (χ4n) is 3.07. The highest BCUT2D eigenvalue weighted by Crippen LogP contribution is 2.26. The van der Waals surface area contributed by atoms with Gasteiger partial charge in [0.05, 0.1) is 18.0 Å². The number of carboxylic acid groups (broad SMARTS) is 1. The van der Waals surface area contributed by atoms with Crippen LogP contribution in [0.4, 0.5) is 0 Å². The third-order valence-corrected chi connectivity index (χ3v) is 4.47. The first kappa shape index (κ1) is 18.4. The Kier molecular flexibility index (Phi) is 5.66. The molecule has 1 unspecified atom stereocenters. The first-order chi connectivity index (χ1) is 13.0. The normalized spacial score (nSPS) is 17.4. The molecule has 0 saturated carbocycles. The number of carbonyl (C=O) groups excluding carboxylic acids is 2. The maximum atomic E-state index is 12.8. The fraction of sp³-hybridized carbons (Fsp3) is 0.190. The summed E-state index contributed by atoms with van der Waals surface area (Å²) >= 11 is 0. The standard InChI is InChI=1S/C21H20N2O4/c24-19-14-18(16-4-2-1-3-5-16)23(13-12-22-19)20(25)11-8-15-6-9-17(10-7-15)21(26)27/h1-11,18H,12-14H2,(H,22,24)(H,26,27)/b11-8+. The van der Waals surface area contributed by atoms with Gasteiger partial charge < -0.3 is 15.3 Å². The lowest BCUT2D eigenvalue weighted by molar-refractivity contribution is -0.128. The first-order valence-corrected chi connectivity index (χ1v) is 8.68. The summed E-state index contributed by atoms with van der Waals surface area (Å²) in [6.45, 7) is 0.835. The van der Waals surface area contributed by atoms with Crippen LogP contribution in [0.3, 0.4) is 0 Å². The average molecular weight is 364 g/mol. The first-order valence-electron chi connectivity index (χ1n) is 8.68. The largest absolute Gasteiger partial charge is 0.478 e. The van der Waals surface area contributed by atoms with E-state index in [9.17, 15) is 14.4 Å². The van der Waals surface area contributed by atoms with Crippen LogP contribution in [0.2, 0.25) is 0 Å². The Morgan fingerprint density at radius 1 is 1.07 bits per heavy atom. The molecule has 2 aromatic carbocycles. The predicted molar refractivity (Wildman–Crippen MR) is 101 cm³/mol. The highest BCUT2D eigenvalue weighted by atomic mass is 16.4. The van der Waals surface area contributed by atoms with Crippen LogP contribution < -0.4 is 5.32 Å². The molecule has 1 atom stereocenters. The summed E-state index contributed by atoms with van der Waals surface area (Å²) < 4.78 is 0. The molecule has 3 rings (SSSR count). The van der Waals surface area contributed by atoms with E-state index in [0.29, 0.717) is 13.1 Å². The van der Waals surface area contributed by atoms with Crippen LogP contribution in [0, 0.1) is 0 Å². The van der Waals surface area contributed by atoms with Crippen molar-refractivity contribution in [2.45, 2.75) is 12.5 Å². The van der Waals surface area contributed by atoms with Gasteiger partial charge in [-0.25, -0.2) is 4.79 Å². The van der Waals surface area contributed by atoms with Crippen LogP contribution in [0.15, 0.2) is 60.7 Å². The second kappa shape index (κ2) is 8.31. The Labute approximate surface area is 157 Å². The minimum Gasteiger partial charge on any atom is -0.478 e. The number of benzene rings is 2. The molecule has 0 radical (unpaired) electrons. The maximum Gasteiger partial charge on any atom is 0.335 e. The van der Waals surface area contributed by atoms with Crippen molar-refractivity contribution in [1.29, 1.82) is 0 Å². The van der Waals surface area contributed by atoms with Gasteiger partial charge in [0.1, 0.15) is 0 Å². The van der Waals surface area contributed by atoms with Crippen LogP contribution >= 0.6 is 0 Å². The highest BCUT2D eigenvalue weighted by molar-refractivity contribution is 5.93. The van der Waals surface area contributed by atoms with E-state index in [4.69, 9.17) is 5.11 Å². The molecule has 27 heavy (non-hydrogen) atoms. The number of nitrogens with one attached hydrogen (secondary N) is 1. The van der Waals surface area contributed by atoms with Crippen molar-refractivity contribution in [2.75, 3.05) is 13.1 Å². The molecule has 2 N–H and O–H groups in total. The van der Waals surface area contributed by atoms with E-state index >= 15 is 0 Å². The molecule has 138 valence electrons. The molecule has 1 aliphatic heterocycles. The van der Waals surface area contributed by atoms with Gasteiger partial charge in [-0.1, -0.05) is 42.5 Å². The summed E-state index contributed by atoms with van der Waals surface area (Å²) in [5.41, 5.74) is 1.84. The Bertz CT molecular complexity index is 860. The van der Waals surface area contributed by atoms with Gasteiger partial charge in [0.25, 0.3) is 0 Å². The van der Waals surface area contributed by atoms with Gasteiger partial charge >= 0.3 is 5.97 Å². The minimum atomic E-state index is -0.992. The predicted octanol–water partition coefficient (Wildman–Crippen LogP) is 2.49. The fourth-order valence-corrected chi connectivity index (χ4v) is 3.07. The average Bonchev–Trinajstić information content (AvgIpc) is 2.88. The SMILES string of the molecule is O=C1CC(c2ccccc2)N(C(=O)/C=C/c2ccc(C(=O)O)cc2)CCN1. The number of rotatable bonds is 4. The quantitative estimate of drug-likeness (QED) is 0.816. The van der Waals surface area contributed by atoms with Crippen LogP contribution in [0.5, 0.6) is 0 Å². The maximum absolute atomic E-state index is 12.8. The van der Waals surface area contributed by atoms with Crippen LogP contribution in [0.25, 0.3) is 6.08 Å². The monoisotopic (exact) mass is 364 g/mol. The van der Waals surface area contributed by atoms with Crippen molar-refractivity contribution in [1.82, 2.24) is 10.2 Å². The lowest BCUT2D eigenvalue weighted by atomic mass is 10.0. The lowest BCUT2D eigenvalue weighted by Crippen LogP contribution is -2.35. The molecule has 1 aliphatic rings. The summed E-state index contributed by atoms with van der Waals surface area (Å²) in [5, 5.41) is 11.7. The molecule has 0 aliphatic carbocycles. The molecule has 6 heteroatoms. The van der Waals surface area contributed by atoms with Crippen LogP contribution in [-0.4, -0.2) is 40.9 Å². The second-order valence-electron chi connectivity index (χ2n) is 6.27. The molecule has 2 amide bonds. The molecule has 0 aromatic heterocycles. The van der Waals surface area contributed by atoms with E-state index in [1.807, 2.05) is 30.3 Å². The third kappa shape index (κ3) is 4.61. The highest BCUT2D eigenvalue weighted by Gasteiger charge is 2.28. The zero-order valence-corrected chi connectivity index (χ0v) is 14.7. The van der Waals surface area contributed by atoms with E-state index in [-0.39, 0.29) is 29.8 Å². The number of hydrogen-bond donors (Lipinski definition) is 2. The second-order valence-corrected chi connectivity index (χ2v) is 6.27. The zero-order valence-electron chi connectivity index (χ0n) is 14.7. The van der Waals surface area contributed by atoms with Crippen molar-refractivity contribution in [3.8, 4) is 0 Å². The molecule has 1 saturated heterocycles. The van der Waals surface area contributed by atoms with E-state index in [0.717, 1.165) is 11.1 Å². The zero-order chi connectivity index (χ0) is 19.2. The number of carboxylic acids is 1. The van der Waals surface area contributed by atoms with Gasteiger partial charge in [-0.15, -0.1) is 0 Å². The van der Waals surface area contributed by atoms with Crippen molar-refractivity contribution in [2.24, 2.45) is 0 Å². The van der Waals surface area contributed by atoms with E-state index in [2.05, 4.69) is 5.32 Å². The van der Waals surface area contributed by atoms with Crippen molar-refractivity contribution in [3.63, 3.8) is 0 Å². The molecule has 6 nitrogen and oxygen atoms in total. The van der Waals surface area contributed by atoms with Crippen molar-refractivity contribution >= 4 is 23.9 Å². The molecule has 0 spiro atoms. The van der Waals surface area contributed by atoms with Crippen LogP contribution in [0.1, 0.15) is 33.9 Å². The number of hydrogen-bond acceptors (Lipinski definition) is 3. The van der Waals surface area contributed by atoms with Gasteiger partial charge in [-0.05, 0) is 29.3 Å². The molecular weight excluding hydrogens is 344 g/mol. The summed E-state index contributed by atoms with van der Waals surface area (Å²) in [4.78, 5) is 37.4. The summed E-state index contributed by atoms with van der Waals surface area (Å²) in [6.07, 6.45) is 3.33. The topological polar surface area (TPSA) is 86.7 Å². The minimum absolute atomic E-state index is 0.0765. The molecular formula is C21H20N2O4. The van der Waals surface area contributed by atoms with Gasteiger partial charge in [0.15, 0.2) is 0 Å². The van der Waals surface area contributed by atoms with Gasteiger partial charge in [0, 0.05) is 19.2 Å². The summed E-state index contributed by atoms with van der Waals surface area (Å²) in [5.74, 6) is -1.26. The van der Waals surface area contributed by atoms with Gasteiger partial charge in [-0.3, -0.25) is 9.59 Å². The van der Waals surface area contributed by atoms with E-state index in [1.165, 1.54) is 18.2 Å². The summed E-state index contributed by atoms with van der Waals surface area (Å²) in [7, 11) is 0. The lowest BCUT2D eigenvalue weighted by Gasteiger charge is -2.28. The number of aromatic carboxylic acids is 1. The summed E-state index contributed by atoms with van der Waals surface area (Å²) in [6, 6.07) is 15.5. The number of amides is 2. The smallest absolute Gasteiger partial charge is 0.335 e.